The molecule has 3 N–H and O–H groups in total. The van der Waals surface area contributed by atoms with Crippen molar-refractivity contribution < 1.29 is 14.6 Å². The molecule has 1 aromatic carbocycles. The van der Waals surface area contributed by atoms with Crippen LogP contribution in [-0.2, 0) is 4.79 Å². The van der Waals surface area contributed by atoms with E-state index in [1.54, 1.807) is 0 Å². The van der Waals surface area contributed by atoms with Crippen molar-refractivity contribution in [2.45, 2.75) is 31.4 Å². The van der Waals surface area contributed by atoms with Crippen molar-refractivity contribution in [2.75, 3.05) is 18.5 Å². The van der Waals surface area contributed by atoms with E-state index in [1.165, 1.54) is 12.8 Å². The Morgan fingerprint density at radius 2 is 2.05 bits per heavy atom. The Kier molecular flexibility index (Phi) is 5.45. The van der Waals surface area contributed by atoms with Gasteiger partial charge in [-0.25, -0.2) is 0 Å². The second-order valence-corrected chi connectivity index (χ2v) is 5.62. The Morgan fingerprint density at radius 1 is 1.33 bits per heavy atom. The smallest absolute Gasteiger partial charge is 0.241 e. The fraction of sp³-hybridized carbons (Fsp3) is 0.533. The first-order chi connectivity index (χ1) is 9.70. The lowest BCUT2D eigenvalue weighted by Crippen LogP contribution is -2.35. The topological polar surface area (TPSA) is 70.6 Å². The van der Waals surface area contributed by atoms with Crippen LogP contribution in [-0.4, -0.2) is 36.3 Å². The van der Waals surface area contributed by atoms with Gasteiger partial charge in [0.15, 0.2) is 0 Å². The van der Waals surface area contributed by atoms with Gasteiger partial charge in [-0.15, -0.1) is 12.4 Å². The standard InChI is InChI=1S/C15H20N2O3.ClH/c18-12-7-14(16-8-12)15(19)17-11-3-5-13(6-4-11)20-9-10-1-2-10;/h3-6,10,12,14,16,18H,1-2,7-9H2,(H,17,19);1H. The number of carbonyl (C=O) groups excluding carboxylic acids is 1. The van der Waals surface area contributed by atoms with Gasteiger partial charge in [-0.2, -0.15) is 0 Å². The highest BCUT2D eigenvalue weighted by Crippen LogP contribution is 2.29. The summed E-state index contributed by atoms with van der Waals surface area (Å²) in [7, 11) is 0. The van der Waals surface area contributed by atoms with Crippen molar-refractivity contribution in [2.24, 2.45) is 5.92 Å². The Bertz CT molecular complexity index is 476. The van der Waals surface area contributed by atoms with Crippen LogP contribution >= 0.6 is 12.4 Å². The largest absolute Gasteiger partial charge is 0.493 e. The van der Waals surface area contributed by atoms with Crippen molar-refractivity contribution in [3.8, 4) is 5.75 Å². The van der Waals surface area contributed by atoms with Crippen LogP contribution in [0, 0.1) is 5.92 Å². The van der Waals surface area contributed by atoms with Crippen LogP contribution in [0.1, 0.15) is 19.3 Å². The van der Waals surface area contributed by atoms with Crippen LogP contribution in [0.2, 0.25) is 0 Å². The van der Waals surface area contributed by atoms with E-state index >= 15 is 0 Å². The summed E-state index contributed by atoms with van der Waals surface area (Å²) in [5.41, 5.74) is 0.747. The predicted molar refractivity (Wildman–Crippen MR) is 83.0 cm³/mol. The molecule has 1 aromatic rings. The molecule has 6 heteroatoms. The van der Waals surface area contributed by atoms with Gasteiger partial charge >= 0.3 is 0 Å². The summed E-state index contributed by atoms with van der Waals surface area (Å²) in [6.45, 7) is 1.27. The second-order valence-electron chi connectivity index (χ2n) is 5.62. The summed E-state index contributed by atoms with van der Waals surface area (Å²) < 4.78 is 5.65. The molecule has 5 nitrogen and oxygen atoms in total. The molecule has 1 saturated carbocycles. The quantitative estimate of drug-likeness (QED) is 0.771. The Balaban J connectivity index is 0.00000161. The average Bonchev–Trinajstić information content (AvgIpc) is 3.18. The minimum atomic E-state index is -0.427. The lowest BCUT2D eigenvalue weighted by molar-refractivity contribution is -0.117. The number of anilines is 1. The van der Waals surface area contributed by atoms with Crippen LogP contribution in [0.5, 0.6) is 5.75 Å². The lowest BCUT2D eigenvalue weighted by atomic mass is 10.2. The molecule has 2 atom stereocenters. The van der Waals surface area contributed by atoms with Gasteiger partial charge in [0.2, 0.25) is 5.91 Å². The maximum Gasteiger partial charge on any atom is 0.241 e. The number of rotatable bonds is 5. The number of carbonyl (C=O) groups is 1. The van der Waals surface area contributed by atoms with Gasteiger partial charge in [-0.3, -0.25) is 4.79 Å². The number of hydrogen-bond acceptors (Lipinski definition) is 4. The van der Waals surface area contributed by atoms with Crippen molar-refractivity contribution in [3.63, 3.8) is 0 Å². The molecule has 2 unspecified atom stereocenters. The van der Waals surface area contributed by atoms with E-state index in [-0.39, 0.29) is 24.4 Å². The highest BCUT2D eigenvalue weighted by Gasteiger charge is 2.28. The normalized spacial score (nSPS) is 24.2. The summed E-state index contributed by atoms with van der Waals surface area (Å²) in [6.07, 6.45) is 2.58. The number of aliphatic hydroxyl groups is 1. The highest BCUT2D eigenvalue weighted by atomic mass is 35.5. The van der Waals surface area contributed by atoms with Crippen molar-refractivity contribution in [1.82, 2.24) is 5.32 Å². The van der Waals surface area contributed by atoms with E-state index in [2.05, 4.69) is 10.6 Å². The molecule has 2 aliphatic rings. The molecule has 0 spiro atoms. The number of ether oxygens (including phenoxy) is 1. The van der Waals surface area contributed by atoms with Crippen LogP contribution in [0.4, 0.5) is 5.69 Å². The van der Waals surface area contributed by atoms with Gasteiger partial charge in [0.1, 0.15) is 5.75 Å². The molecule has 0 aromatic heterocycles. The molecule has 1 aliphatic carbocycles. The van der Waals surface area contributed by atoms with E-state index < -0.39 is 6.10 Å². The van der Waals surface area contributed by atoms with Crippen LogP contribution < -0.4 is 15.4 Å². The van der Waals surface area contributed by atoms with E-state index in [9.17, 15) is 9.90 Å². The number of halogens is 1. The predicted octanol–water partition coefficient (Wildman–Crippen LogP) is 1.56. The third-order valence-electron chi connectivity index (χ3n) is 3.73. The summed E-state index contributed by atoms with van der Waals surface area (Å²) in [4.78, 5) is 12.0. The molecule has 2 fully saturated rings. The number of β-amino-alcohol motifs (C(OH)–C–C–N with tert-alkyl or cyclic N) is 1. The molecule has 3 rings (SSSR count). The fourth-order valence-corrected chi connectivity index (χ4v) is 2.28. The first-order valence-corrected chi connectivity index (χ1v) is 7.16. The second kappa shape index (κ2) is 7.11. The van der Waals surface area contributed by atoms with Gasteiger partial charge in [-0.1, -0.05) is 0 Å². The molecule has 1 amide bonds. The monoisotopic (exact) mass is 312 g/mol. The molecular weight excluding hydrogens is 292 g/mol. The maximum atomic E-state index is 12.0. The number of amides is 1. The molecule has 116 valence electrons. The molecule has 1 saturated heterocycles. The summed E-state index contributed by atoms with van der Waals surface area (Å²) in [5, 5.41) is 15.2. The van der Waals surface area contributed by atoms with Crippen molar-refractivity contribution in [1.29, 1.82) is 0 Å². The SMILES string of the molecule is Cl.O=C(Nc1ccc(OCC2CC2)cc1)C1CC(O)CN1. The summed E-state index contributed by atoms with van der Waals surface area (Å²) in [5.74, 6) is 1.46. The zero-order valence-electron chi connectivity index (χ0n) is 11.7. The third kappa shape index (κ3) is 4.59. The van der Waals surface area contributed by atoms with Gasteiger partial charge < -0.3 is 20.5 Å². The average molecular weight is 313 g/mol. The summed E-state index contributed by atoms with van der Waals surface area (Å²) >= 11 is 0. The zero-order chi connectivity index (χ0) is 13.9. The third-order valence-corrected chi connectivity index (χ3v) is 3.73. The van der Waals surface area contributed by atoms with E-state index in [1.807, 2.05) is 24.3 Å². The zero-order valence-corrected chi connectivity index (χ0v) is 12.6. The van der Waals surface area contributed by atoms with E-state index in [0.717, 1.165) is 24.0 Å². The molecule has 0 bridgehead atoms. The summed E-state index contributed by atoms with van der Waals surface area (Å²) in [6, 6.07) is 7.11. The first kappa shape index (κ1) is 16.1. The molecule has 0 radical (unpaired) electrons. The molecule has 1 heterocycles. The minimum Gasteiger partial charge on any atom is -0.493 e. The van der Waals surface area contributed by atoms with E-state index in [4.69, 9.17) is 4.74 Å². The van der Waals surface area contributed by atoms with Crippen LogP contribution in [0.3, 0.4) is 0 Å². The Morgan fingerprint density at radius 3 is 2.62 bits per heavy atom. The number of nitrogens with one attached hydrogen (secondary N) is 2. The number of aliphatic hydroxyl groups excluding tert-OH is 1. The molecule has 21 heavy (non-hydrogen) atoms. The van der Waals surface area contributed by atoms with Crippen molar-refractivity contribution in [3.05, 3.63) is 24.3 Å². The van der Waals surface area contributed by atoms with Crippen LogP contribution in [0.15, 0.2) is 24.3 Å². The highest BCUT2D eigenvalue weighted by molar-refractivity contribution is 5.95. The van der Waals surface area contributed by atoms with Gasteiger partial charge in [-0.05, 0) is 49.4 Å². The number of hydrogen-bond donors (Lipinski definition) is 3. The maximum absolute atomic E-state index is 12.0. The van der Waals surface area contributed by atoms with E-state index in [0.29, 0.717) is 13.0 Å². The number of benzene rings is 1. The molecular formula is C15H21ClN2O3. The minimum absolute atomic E-state index is 0. The van der Waals surface area contributed by atoms with Gasteiger partial charge in [0.25, 0.3) is 0 Å². The lowest BCUT2D eigenvalue weighted by Gasteiger charge is -2.11. The van der Waals surface area contributed by atoms with Gasteiger partial charge in [0.05, 0.1) is 18.8 Å². The molecule has 1 aliphatic heterocycles. The van der Waals surface area contributed by atoms with Gasteiger partial charge in [0, 0.05) is 12.2 Å². The van der Waals surface area contributed by atoms with Crippen LogP contribution in [0.25, 0.3) is 0 Å². The van der Waals surface area contributed by atoms with Crippen molar-refractivity contribution >= 4 is 24.0 Å². The Labute approximate surface area is 130 Å². The first-order valence-electron chi connectivity index (χ1n) is 7.16. The fourth-order valence-electron chi connectivity index (χ4n) is 2.28. The Hall–Kier alpha value is -1.30.